The molecule has 2 aromatic rings. The molecule has 1 atom stereocenters. The number of carbonyl (C=O) groups excluding carboxylic acids is 1. The lowest BCUT2D eigenvalue weighted by molar-refractivity contribution is -0.134. The summed E-state index contributed by atoms with van der Waals surface area (Å²) in [5.74, 6) is 2.29. The van der Waals surface area contributed by atoms with Gasteiger partial charge in [-0.25, -0.2) is 4.98 Å². The highest BCUT2D eigenvalue weighted by Crippen LogP contribution is 2.33. The summed E-state index contributed by atoms with van der Waals surface area (Å²) in [5.41, 5.74) is 2.35. The van der Waals surface area contributed by atoms with Crippen molar-refractivity contribution < 1.29 is 4.79 Å². The fraction of sp³-hybridized carbons (Fsp3) is 0.500. The van der Waals surface area contributed by atoms with E-state index >= 15 is 0 Å². The summed E-state index contributed by atoms with van der Waals surface area (Å²) < 4.78 is 2.32. The number of benzene rings is 1. The molecular formula is C20H25N3O. The summed E-state index contributed by atoms with van der Waals surface area (Å²) in [7, 11) is 0. The molecule has 1 amide bonds. The molecule has 4 nitrogen and oxygen atoms in total. The van der Waals surface area contributed by atoms with Crippen molar-refractivity contribution in [3.63, 3.8) is 0 Å². The van der Waals surface area contributed by atoms with Crippen molar-refractivity contribution in [2.24, 2.45) is 11.8 Å². The molecule has 0 spiro atoms. The Hall–Kier alpha value is -2.10. The third-order valence-electron chi connectivity index (χ3n) is 5.29. The van der Waals surface area contributed by atoms with E-state index in [1.165, 1.54) is 12.1 Å². The zero-order chi connectivity index (χ0) is 16.5. The maximum absolute atomic E-state index is 12.4. The highest BCUT2D eigenvalue weighted by atomic mass is 16.2. The molecule has 1 aliphatic heterocycles. The summed E-state index contributed by atoms with van der Waals surface area (Å²) >= 11 is 0. The molecule has 126 valence electrons. The zero-order valence-electron chi connectivity index (χ0n) is 14.3. The van der Waals surface area contributed by atoms with Crippen LogP contribution in [0.5, 0.6) is 0 Å². The molecule has 1 aromatic heterocycles. The monoisotopic (exact) mass is 323 g/mol. The van der Waals surface area contributed by atoms with Crippen LogP contribution in [-0.4, -0.2) is 33.4 Å². The van der Waals surface area contributed by atoms with Gasteiger partial charge in [-0.15, -0.1) is 0 Å². The van der Waals surface area contributed by atoms with Gasteiger partial charge in [0.15, 0.2) is 0 Å². The number of likely N-dealkylation sites (tertiary alicyclic amines) is 1. The number of piperidine rings is 1. The Balaban J connectivity index is 1.51. The first kappa shape index (κ1) is 15.4. The smallest absolute Gasteiger partial charge is 0.225 e. The number of carbonyl (C=O) groups is 1. The molecule has 4 rings (SSSR count). The summed E-state index contributed by atoms with van der Waals surface area (Å²) in [6, 6.07) is 10.4. The Bertz CT molecular complexity index is 718. The van der Waals surface area contributed by atoms with Crippen LogP contribution in [0.4, 0.5) is 0 Å². The Morgan fingerprint density at radius 1 is 1.21 bits per heavy atom. The first-order valence-corrected chi connectivity index (χ1v) is 9.08. The number of aromatic nitrogens is 2. The maximum Gasteiger partial charge on any atom is 0.225 e. The fourth-order valence-electron chi connectivity index (χ4n) is 3.77. The minimum Gasteiger partial charge on any atom is -0.342 e. The predicted octanol–water partition coefficient (Wildman–Crippen LogP) is 3.51. The molecule has 0 bridgehead atoms. The van der Waals surface area contributed by atoms with Gasteiger partial charge in [0.2, 0.25) is 5.91 Å². The third kappa shape index (κ3) is 3.10. The SMILES string of the molecule is Cc1cnc(-c2ccccc2)n1CC1CCCN(C(=O)C2CC2)C1. The number of hydrogen-bond acceptors (Lipinski definition) is 2. The lowest BCUT2D eigenvalue weighted by Gasteiger charge is -2.33. The predicted molar refractivity (Wildman–Crippen MR) is 94.4 cm³/mol. The molecule has 0 N–H and O–H groups in total. The Kier molecular flexibility index (Phi) is 4.13. The van der Waals surface area contributed by atoms with Gasteiger partial charge >= 0.3 is 0 Å². The van der Waals surface area contributed by atoms with Crippen molar-refractivity contribution in [3.05, 3.63) is 42.2 Å². The summed E-state index contributed by atoms with van der Waals surface area (Å²) in [5, 5.41) is 0. The fourth-order valence-corrected chi connectivity index (χ4v) is 3.77. The lowest BCUT2D eigenvalue weighted by atomic mass is 9.97. The van der Waals surface area contributed by atoms with E-state index in [-0.39, 0.29) is 0 Å². The summed E-state index contributed by atoms with van der Waals surface area (Å²) in [6.07, 6.45) is 6.47. The van der Waals surface area contributed by atoms with E-state index in [4.69, 9.17) is 0 Å². The van der Waals surface area contributed by atoms with Crippen LogP contribution in [-0.2, 0) is 11.3 Å². The maximum atomic E-state index is 12.4. The molecule has 1 aromatic carbocycles. The van der Waals surface area contributed by atoms with Crippen LogP contribution in [0.2, 0.25) is 0 Å². The van der Waals surface area contributed by atoms with Crippen molar-refractivity contribution in [1.82, 2.24) is 14.5 Å². The number of amides is 1. The van der Waals surface area contributed by atoms with E-state index in [1.807, 2.05) is 12.3 Å². The Morgan fingerprint density at radius 3 is 2.75 bits per heavy atom. The van der Waals surface area contributed by atoms with E-state index in [9.17, 15) is 4.79 Å². The molecule has 0 radical (unpaired) electrons. The van der Waals surface area contributed by atoms with Gasteiger partial charge in [0.1, 0.15) is 5.82 Å². The van der Waals surface area contributed by atoms with Gasteiger partial charge in [0.05, 0.1) is 0 Å². The first-order chi connectivity index (χ1) is 11.7. The zero-order valence-corrected chi connectivity index (χ0v) is 14.3. The van der Waals surface area contributed by atoms with Gasteiger partial charge in [0, 0.05) is 43.0 Å². The molecule has 2 aliphatic rings. The van der Waals surface area contributed by atoms with Crippen molar-refractivity contribution in [1.29, 1.82) is 0 Å². The van der Waals surface area contributed by atoms with Crippen LogP contribution in [0.3, 0.4) is 0 Å². The van der Waals surface area contributed by atoms with Gasteiger partial charge in [-0.1, -0.05) is 30.3 Å². The number of rotatable bonds is 4. The average molecular weight is 323 g/mol. The highest BCUT2D eigenvalue weighted by Gasteiger charge is 2.35. The second-order valence-corrected chi connectivity index (χ2v) is 7.27. The first-order valence-electron chi connectivity index (χ1n) is 9.08. The van der Waals surface area contributed by atoms with Gasteiger partial charge in [-0.05, 0) is 38.5 Å². The number of hydrogen-bond donors (Lipinski definition) is 0. The van der Waals surface area contributed by atoms with Crippen molar-refractivity contribution in [3.8, 4) is 11.4 Å². The number of aryl methyl sites for hydroxylation is 1. The second kappa shape index (κ2) is 6.42. The minimum absolute atomic E-state index is 0.332. The van der Waals surface area contributed by atoms with Crippen LogP contribution >= 0.6 is 0 Å². The van der Waals surface area contributed by atoms with Gasteiger partial charge in [-0.2, -0.15) is 0 Å². The minimum atomic E-state index is 0.332. The molecule has 1 saturated carbocycles. The molecule has 24 heavy (non-hydrogen) atoms. The largest absolute Gasteiger partial charge is 0.342 e. The lowest BCUT2D eigenvalue weighted by Crippen LogP contribution is -2.41. The summed E-state index contributed by atoms with van der Waals surface area (Å²) in [6.45, 7) is 4.92. The topological polar surface area (TPSA) is 38.1 Å². The number of nitrogens with zero attached hydrogens (tertiary/aromatic N) is 3. The van der Waals surface area contributed by atoms with Crippen LogP contribution in [0.15, 0.2) is 36.5 Å². The van der Waals surface area contributed by atoms with Gasteiger partial charge < -0.3 is 9.47 Å². The average Bonchev–Trinajstić information content (AvgIpc) is 3.41. The Labute approximate surface area is 143 Å². The van der Waals surface area contributed by atoms with Gasteiger partial charge in [-0.3, -0.25) is 4.79 Å². The standard InChI is InChI=1S/C20H25N3O/c1-15-12-21-19(17-7-3-2-4-8-17)23(15)14-16-6-5-11-22(13-16)20(24)18-9-10-18/h2-4,7-8,12,16,18H,5-6,9-11,13-14H2,1H3. The van der Waals surface area contributed by atoms with E-state index in [0.717, 1.165) is 50.3 Å². The Morgan fingerprint density at radius 2 is 2.00 bits per heavy atom. The van der Waals surface area contributed by atoms with Crippen LogP contribution in [0.1, 0.15) is 31.4 Å². The van der Waals surface area contributed by atoms with Crippen LogP contribution < -0.4 is 0 Å². The van der Waals surface area contributed by atoms with E-state index in [1.54, 1.807) is 0 Å². The summed E-state index contributed by atoms with van der Waals surface area (Å²) in [4.78, 5) is 19.1. The molecular weight excluding hydrogens is 298 g/mol. The van der Waals surface area contributed by atoms with Gasteiger partial charge in [0.25, 0.3) is 0 Å². The second-order valence-electron chi connectivity index (χ2n) is 7.27. The molecule has 1 saturated heterocycles. The molecule has 4 heteroatoms. The highest BCUT2D eigenvalue weighted by molar-refractivity contribution is 5.81. The van der Waals surface area contributed by atoms with E-state index in [0.29, 0.717) is 17.7 Å². The third-order valence-corrected chi connectivity index (χ3v) is 5.29. The normalized spacial score (nSPS) is 21.0. The van der Waals surface area contributed by atoms with Crippen LogP contribution in [0.25, 0.3) is 11.4 Å². The van der Waals surface area contributed by atoms with Crippen molar-refractivity contribution in [2.75, 3.05) is 13.1 Å². The van der Waals surface area contributed by atoms with Crippen molar-refractivity contribution in [2.45, 2.75) is 39.2 Å². The molecule has 1 unspecified atom stereocenters. The molecule has 2 heterocycles. The quantitative estimate of drug-likeness (QED) is 0.863. The molecule has 1 aliphatic carbocycles. The number of imidazole rings is 1. The van der Waals surface area contributed by atoms with Crippen molar-refractivity contribution >= 4 is 5.91 Å². The van der Waals surface area contributed by atoms with E-state index < -0.39 is 0 Å². The molecule has 2 fully saturated rings. The van der Waals surface area contributed by atoms with E-state index in [2.05, 4.69) is 45.6 Å². The van der Waals surface area contributed by atoms with Crippen LogP contribution in [0, 0.1) is 18.8 Å².